The number of ether oxygens (including phenoxy) is 2. The van der Waals surface area contributed by atoms with Crippen molar-refractivity contribution in [1.29, 1.82) is 0 Å². The summed E-state index contributed by atoms with van der Waals surface area (Å²) in [5.74, 6) is -1.15. The molecule has 0 atom stereocenters. The fraction of sp³-hybridized carbons (Fsp3) is 0.0385. The van der Waals surface area contributed by atoms with Crippen molar-refractivity contribution in [3.8, 4) is 5.75 Å². The molecule has 0 unspecified atom stereocenters. The normalized spacial score (nSPS) is 14.1. The number of nitrogens with zero attached hydrogens (tertiary/aromatic N) is 2. The Morgan fingerprint density at radius 1 is 1.16 bits per heavy atom. The van der Waals surface area contributed by atoms with Crippen LogP contribution in [0.15, 0.2) is 75.8 Å². The summed E-state index contributed by atoms with van der Waals surface area (Å²) in [5, 5.41) is 12.0. The zero-order valence-electron chi connectivity index (χ0n) is 18.9. The number of hydrogen-bond acceptors (Lipinski definition) is 8. The molecule has 0 bridgehead atoms. The molecule has 1 aliphatic rings. The smallest absolute Gasteiger partial charge is 0.363 e. The second-order valence-electron chi connectivity index (χ2n) is 7.96. The molecule has 0 saturated heterocycles. The highest BCUT2D eigenvalue weighted by Gasteiger charge is 2.26. The molecule has 0 radical (unpaired) electrons. The molecule has 5 rings (SSSR count). The number of hydrogen-bond donors (Lipinski definition) is 0. The van der Waals surface area contributed by atoms with E-state index in [1.54, 1.807) is 18.2 Å². The predicted molar refractivity (Wildman–Crippen MR) is 144 cm³/mol. The second kappa shape index (κ2) is 9.89. The van der Waals surface area contributed by atoms with E-state index in [1.807, 2.05) is 25.1 Å². The molecule has 2 heterocycles. The van der Waals surface area contributed by atoms with Gasteiger partial charge in [0.2, 0.25) is 5.90 Å². The summed E-state index contributed by atoms with van der Waals surface area (Å²) >= 11 is 11.1. The van der Waals surface area contributed by atoms with Gasteiger partial charge in [-0.3, -0.25) is 10.1 Å². The van der Waals surface area contributed by atoms with Crippen LogP contribution in [-0.2, 0) is 9.53 Å². The minimum absolute atomic E-state index is 0.00652. The number of aliphatic imine (C=N–C) groups is 1. The van der Waals surface area contributed by atoms with Gasteiger partial charge in [-0.1, -0.05) is 39.7 Å². The van der Waals surface area contributed by atoms with Gasteiger partial charge in [-0.05, 0) is 55.0 Å². The van der Waals surface area contributed by atoms with Crippen molar-refractivity contribution >= 4 is 78.6 Å². The average molecular weight is 598 g/mol. The number of benzene rings is 3. The zero-order valence-corrected chi connectivity index (χ0v) is 22.0. The lowest BCUT2D eigenvalue weighted by molar-refractivity contribution is -0.384. The number of fused-ring (bicyclic) bond motifs is 1. The third-order valence-electron chi connectivity index (χ3n) is 5.38. The molecule has 4 aromatic rings. The van der Waals surface area contributed by atoms with E-state index in [2.05, 4.69) is 20.9 Å². The molecule has 8 nitrogen and oxygen atoms in total. The first-order chi connectivity index (χ1) is 17.7. The number of carbonyl (C=O) groups is 2. The highest BCUT2D eigenvalue weighted by Crippen LogP contribution is 2.37. The first-order valence-corrected chi connectivity index (χ1v) is 12.7. The van der Waals surface area contributed by atoms with E-state index in [0.717, 1.165) is 15.6 Å². The van der Waals surface area contributed by atoms with E-state index in [4.69, 9.17) is 21.1 Å². The zero-order chi connectivity index (χ0) is 26.3. The van der Waals surface area contributed by atoms with Crippen molar-refractivity contribution < 1.29 is 24.0 Å². The molecule has 0 amide bonds. The minimum atomic E-state index is -0.714. The van der Waals surface area contributed by atoms with E-state index in [1.165, 1.54) is 41.7 Å². The fourth-order valence-electron chi connectivity index (χ4n) is 3.58. The summed E-state index contributed by atoms with van der Waals surface area (Å²) in [6.45, 7) is 1.95. The largest absolute Gasteiger partial charge is 0.422 e. The second-order valence-corrected chi connectivity index (χ2v) is 10.3. The number of rotatable bonds is 5. The molecule has 1 aromatic heterocycles. The SMILES string of the molecule is Cc1ccc2c(Cl)c(C(=O)Oc3ccc(Br)cc3/C=C3/N=C(c4ccc([N+](=O)[O-])cc4)OC3=O)sc2c1. The van der Waals surface area contributed by atoms with Crippen LogP contribution in [0.4, 0.5) is 5.69 Å². The van der Waals surface area contributed by atoms with Crippen molar-refractivity contribution in [2.75, 3.05) is 0 Å². The quantitative estimate of drug-likeness (QED) is 0.0798. The van der Waals surface area contributed by atoms with Crippen LogP contribution >= 0.6 is 38.9 Å². The van der Waals surface area contributed by atoms with Crippen molar-refractivity contribution in [2.24, 2.45) is 4.99 Å². The van der Waals surface area contributed by atoms with Crippen LogP contribution in [0.5, 0.6) is 5.75 Å². The fourth-order valence-corrected chi connectivity index (χ4v) is 5.44. The Kier molecular flexibility index (Phi) is 6.63. The maximum Gasteiger partial charge on any atom is 0.363 e. The summed E-state index contributed by atoms with van der Waals surface area (Å²) in [6, 6.07) is 16.1. The number of thiophene rings is 1. The third-order valence-corrected chi connectivity index (χ3v) is 7.51. The van der Waals surface area contributed by atoms with Crippen LogP contribution in [-0.4, -0.2) is 22.8 Å². The lowest BCUT2D eigenvalue weighted by atomic mass is 10.1. The molecular formula is C26H14BrClN2O6S. The summed E-state index contributed by atoms with van der Waals surface area (Å²) in [4.78, 5) is 40.4. The maximum atomic E-state index is 13.0. The van der Waals surface area contributed by atoms with Crippen LogP contribution in [0.25, 0.3) is 16.2 Å². The number of cyclic esters (lactones) is 1. The highest BCUT2D eigenvalue weighted by molar-refractivity contribution is 9.10. The Morgan fingerprint density at radius 2 is 1.92 bits per heavy atom. The monoisotopic (exact) mass is 596 g/mol. The number of nitro groups is 1. The van der Waals surface area contributed by atoms with Gasteiger partial charge < -0.3 is 9.47 Å². The van der Waals surface area contributed by atoms with Crippen molar-refractivity contribution in [1.82, 2.24) is 0 Å². The van der Waals surface area contributed by atoms with E-state index in [0.29, 0.717) is 20.6 Å². The number of aryl methyl sites for hydroxylation is 1. The molecule has 0 fully saturated rings. The molecule has 3 aromatic carbocycles. The third kappa shape index (κ3) is 5.04. The van der Waals surface area contributed by atoms with Gasteiger partial charge in [0.25, 0.3) is 5.69 Å². The van der Waals surface area contributed by atoms with Gasteiger partial charge in [-0.2, -0.15) is 0 Å². The van der Waals surface area contributed by atoms with Gasteiger partial charge in [0.1, 0.15) is 10.6 Å². The molecule has 11 heteroatoms. The lowest BCUT2D eigenvalue weighted by Gasteiger charge is -2.08. The van der Waals surface area contributed by atoms with Gasteiger partial charge in [-0.15, -0.1) is 11.3 Å². The number of carbonyl (C=O) groups excluding carboxylic acids is 2. The summed E-state index contributed by atoms with van der Waals surface area (Å²) < 4.78 is 12.5. The van der Waals surface area contributed by atoms with Crippen LogP contribution in [0, 0.1) is 17.0 Å². The first kappa shape index (κ1) is 24.8. The lowest BCUT2D eigenvalue weighted by Crippen LogP contribution is -2.08. The van der Waals surface area contributed by atoms with Crippen molar-refractivity contribution in [2.45, 2.75) is 6.92 Å². The van der Waals surface area contributed by atoms with Crippen molar-refractivity contribution in [3.63, 3.8) is 0 Å². The Bertz CT molecular complexity index is 1680. The number of nitro benzene ring substituents is 1. The van der Waals surface area contributed by atoms with Gasteiger partial charge in [-0.25, -0.2) is 14.6 Å². The van der Waals surface area contributed by atoms with Crippen LogP contribution in [0.1, 0.15) is 26.4 Å². The van der Waals surface area contributed by atoms with Gasteiger partial charge in [0.15, 0.2) is 5.70 Å². The number of esters is 2. The van der Waals surface area contributed by atoms with Gasteiger partial charge in [0.05, 0.1) is 9.95 Å². The Labute approximate surface area is 227 Å². The van der Waals surface area contributed by atoms with Gasteiger partial charge in [0, 0.05) is 37.8 Å². The Hall–Kier alpha value is -3.86. The van der Waals surface area contributed by atoms with E-state index in [9.17, 15) is 19.7 Å². The molecule has 0 aliphatic carbocycles. The summed E-state index contributed by atoms with van der Waals surface area (Å²) in [6.07, 6.45) is 1.43. The van der Waals surface area contributed by atoms with Crippen molar-refractivity contribution in [3.05, 3.63) is 108 Å². The average Bonchev–Trinajstić information content (AvgIpc) is 3.39. The molecule has 0 N–H and O–H groups in total. The highest BCUT2D eigenvalue weighted by atomic mass is 79.9. The molecule has 37 heavy (non-hydrogen) atoms. The van der Waals surface area contributed by atoms with E-state index >= 15 is 0 Å². The first-order valence-electron chi connectivity index (χ1n) is 10.7. The molecule has 1 aliphatic heterocycles. The van der Waals surface area contributed by atoms with Crippen LogP contribution in [0.2, 0.25) is 5.02 Å². The van der Waals surface area contributed by atoms with E-state index < -0.39 is 16.9 Å². The van der Waals surface area contributed by atoms with Crippen LogP contribution < -0.4 is 4.74 Å². The van der Waals surface area contributed by atoms with Crippen LogP contribution in [0.3, 0.4) is 0 Å². The minimum Gasteiger partial charge on any atom is -0.422 e. The summed E-state index contributed by atoms with van der Waals surface area (Å²) in [7, 11) is 0. The number of non-ortho nitro benzene ring substituents is 1. The Morgan fingerprint density at radius 3 is 2.65 bits per heavy atom. The molecule has 0 spiro atoms. The van der Waals surface area contributed by atoms with Gasteiger partial charge >= 0.3 is 11.9 Å². The Balaban J connectivity index is 1.46. The maximum absolute atomic E-state index is 13.0. The topological polar surface area (TPSA) is 108 Å². The predicted octanol–water partition coefficient (Wildman–Crippen LogP) is 7.10. The summed E-state index contributed by atoms with van der Waals surface area (Å²) in [5.41, 5.74) is 1.72. The standard InChI is InChI=1S/C26H14BrClN2O6S/c1-13-2-8-18-21(10-13)37-23(22(18)28)26(32)35-20-9-5-16(27)11-15(20)12-19-25(31)36-24(29-19)14-3-6-17(7-4-14)30(33)34/h2-12H,1H3/b19-12+. The molecule has 184 valence electrons. The molecular weight excluding hydrogens is 584 g/mol. The van der Waals surface area contributed by atoms with E-state index in [-0.39, 0.29) is 27.9 Å². The molecule has 0 saturated carbocycles. The number of halogens is 2.